The van der Waals surface area contributed by atoms with Crippen LogP contribution < -0.4 is 0 Å². The van der Waals surface area contributed by atoms with Gasteiger partial charge in [-0.3, -0.25) is 14.5 Å². The number of ketones is 1. The van der Waals surface area contributed by atoms with Crippen LogP contribution >= 0.6 is 0 Å². The van der Waals surface area contributed by atoms with E-state index >= 15 is 0 Å². The van der Waals surface area contributed by atoms with Gasteiger partial charge in [-0.15, -0.1) is 0 Å². The van der Waals surface area contributed by atoms with Crippen molar-refractivity contribution in [2.24, 2.45) is 5.92 Å². The second kappa shape index (κ2) is 7.49. The molecular weight excluding hydrogens is 310 g/mol. The number of hydrogen-bond acceptors (Lipinski definition) is 5. The summed E-state index contributed by atoms with van der Waals surface area (Å²) in [5, 5.41) is 8.81. The summed E-state index contributed by atoms with van der Waals surface area (Å²) in [5.41, 5.74) is 1.09. The van der Waals surface area contributed by atoms with Crippen LogP contribution in [0.5, 0.6) is 0 Å². The van der Waals surface area contributed by atoms with E-state index in [9.17, 15) is 9.59 Å². The minimum Gasteiger partial charge on any atom is -0.480 e. The lowest BCUT2D eigenvalue weighted by molar-refractivity contribution is -0.138. The molecule has 1 atom stereocenters. The molecule has 6 heteroatoms. The minimum atomic E-state index is -0.834. The zero-order chi connectivity index (χ0) is 16.9. The van der Waals surface area contributed by atoms with Crippen molar-refractivity contribution in [1.82, 2.24) is 4.90 Å². The highest BCUT2D eigenvalue weighted by Crippen LogP contribution is 2.26. The number of hydrogen-bond donors (Lipinski definition) is 1. The summed E-state index contributed by atoms with van der Waals surface area (Å²) in [6.45, 7) is 1.26. The van der Waals surface area contributed by atoms with Gasteiger partial charge in [-0.25, -0.2) is 0 Å². The monoisotopic (exact) mass is 331 g/mol. The van der Waals surface area contributed by atoms with E-state index in [0.29, 0.717) is 32.4 Å². The van der Waals surface area contributed by atoms with Gasteiger partial charge in [0.1, 0.15) is 6.26 Å². The molecule has 1 aromatic rings. The van der Waals surface area contributed by atoms with Crippen molar-refractivity contribution in [3.63, 3.8) is 0 Å². The van der Waals surface area contributed by atoms with Crippen LogP contribution in [0.1, 0.15) is 18.4 Å². The van der Waals surface area contributed by atoms with Gasteiger partial charge in [0, 0.05) is 12.3 Å². The maximum absolute atomic E-state index is 12.5. The Hall–Kier alpha value is -2.34. The summed E-state index contributed by atoms with van der Waals surface area (Å²) in [5.74, 6) is -0.715. The first-order valence-electron chi connectivity index (χ1n) is 8.16. The molecule has 1 fully saturated rings. The molecule has 6 nitrogen and oxygen atoms in total. The van der Waals surface area contributed by atoms with E-state index in [1.807, 2.05) is 35.2 Å². The Labute approximate surface area is 140 Å². The summed E-state index contributed by atoms with van der Waals surface area (Å²) in [4.78, 5) is 25.1. The van der Waals surface area contributed by atoms with E-state index < -0.39 is 12.3 Å². The Bertz CT molecular complexity index is 620. The Morgan fingerprint density at radius 3 is 2.54 bits per heavy atom. The minimum absolute atomic E-state index is 0.0301. The summed E-state index contributed by atoms with van der Waals surface area (Å²) >= 11 is 0. The van der Waals surface area contributed by atoms with Gasteiger partial charge in [-0.2, -0.15) is 0 Å². The second-order valence-electron chi connectivity index (χ2n) is 6.16. The van der Waals surface area contributed by atoms with Gasteiger partial charge in [0.2, 0.25) is 17.8 Å². The number of carboxylic acid groups (broad SMARTS) is 1. The molecule has 0 aromatic heterocycles. The Kier molecular flexibility index (Phi) is 5.15. The molecule has 0 amide bonds. The number of aliphatic carboxylic acids is 1. The fourth-order valence-electron chi connectivity index (χ4n) is 3.09. The van der Waals surface area contributed by atoms with Crippen molar-refractivity contribution in [2.45, 2.75) is 25.6 Å². The molecule has 0 radical (unpaired) electrons. The lowest BCUT2D eigenvalue weighted by Gasteiger charge is -2.29. The van der Waals surface area contributed by atoms with Crippen LogP contribution in [-0.4, -0.2) is 47.7 Å². The Balaban J connectivity index is 1.47. The predicted octanol–water partition coefficient (Wildman–Crippen LogP) is 1.81. The quantitative estimate of drug-likeness (QED) is 0.857. The number of likely N-dealkylation sites (tertiary alicyclic amines) is 1. The van der Waals surface area contributed by atoms with Gasteiger partial charge >= 0.3 is 5.97 Å². The summed E-state index contributed by atoms with van der Waals surface area (Å²) in [6, 6.07) is 9.84. The van der Waals surface area contributed by atoms with E-state index in [0.717, 1.165) is 5.56 Å². The molecule has 1 unspecified atom stereocenters. The van der Waals surface area contributed by atoms with Crippen molar-refractivity contribution < 1.29 is 24.2 Å². The van der Waals surface area contributed by atoms with Crippen molar-refractivity contribution in [1.29, 1.82) is 0 Å². The number of carboxylic acids is 1. The second-order valence-corrected chi connectivity index (χ2v) is 6.16. The molecule has 128 valence electrons. The molecule has 1 N–H and O–H groups in total. The molecule has 2 heterocycles. The molecule has 0 aliphatic carbocycles. The summed E-state index contributed by atoms with van der Waals surface area (Å²) in [6.07, 6.45) is 2.84. The van der Waals surface area contributed by atoms with Crippen LogP contribution in [0, 0.1) is 5.92 Å². The third kappa shape index (κ3) is 4.14. The number of carbonyl (C=O) groups excluding carboxylic acids is 1. The lowest BCUT2D eigenvalue weighted by atomic mass is 9.91. The molecular formula is C18H21NO5. The number of benzene rings is 1. The van der Waals surface area contributed by atoms with Crippen molar-refractivity contribution in [3.8, 4) is 0 Å². The van der Waals surface area contributed by atoms with Gasteiger partial charge in [0.15, 0.2) is 0 Å². The average molecular weight is 331 g/mol. The van der Waals surface area contributed by atoms with Gasteiger partial charge in [0.25, 0.3) is 0 Å². The number of carbonyl (C=O) groups is 2. The number of ether oxygens (including phenoxy) is 2. The smallest absolute Gasteiger partial charge is 0.317 e. The molecule has 2 aliphatic rings. The highest BCUT2D eigenvalue weighted by Gasteiger charge is 2.32. The molecule has 3 rings (SSSR count). The van der Waals surface area contributed by atoms with Crippen molar-refractivity contribution in [3.05, 3.63) is 47.9 Å². The number of rotatable bonds is 6. The third-order valence-corrected chi connectivity index (χ3v) is 4.39. The van der Waals surface area contributed by atoms with E-state index in [1.165, 1.54) is 6.26 Å². The first-order valence-corrected chi connectivity index (χ1v) is 8.16. The zero-order valence-electron chi connectivity index (χ0n) is 13.4. The maximum Gasteiger partial charge on any atom is 0.317 e. The van der Waals surface area contributed by atoms with E-state index in [2.05, 4.69) is 0 Å². The molecule has 1 saturated heterocycles. The zero-order valence-corrected chi connectivity index (χ0v) is 13.4. The molecule has 0 spiro atoms. The number of allylic oxidation sites excluding steroid dienone is 1. The standard InChI is InChI=1S/C18H21NO5/c20-16(21)11-19-8-6-14(7-9-19)18(22)15-12-23-17(24-15)10-13-4-2-1-3-5-13/h1-5,12,14,17H,6-11H2,(H,20,21). The number of piperidine rings is 1. The maximum atomic E-state index is 12.5. The highest BCUT2D eigenvalue weighted by molar-refractivity contribution is 5.95. The van der Waals surface area contributed by atoms with Gasteiger partial charge < -0.3 is 14.6 Å². The van der Waals surface area contributed by atoms with Crippen LogP contribution in [0.4, 0.5) is 0 Å². The number of Topliss-reactive ketones (excluding diaryl/α,β-unsaturated/α-hetero) is 1. The van der Waals surface area contributed by atoms with Crippen LogP contribution in [0.2, 0.25) is 0 Å². The first kappa shape index (κ1) is 16.5. The van der Waals surface area contributed by atoms with Crippen molar-refractivity contribution >= 4 is 11.8 Å². The van der Waals surface area contributed by atoms with E-state index in [4.69, 9.17) is 14.6 Å². The van der Waals surface area contributed by atoms with Crippen molar-refractivity contribution in [2.75, 3.05) is 19.6 Å². The summed E-state index contributed by atoms with van der Waals surface area (Å²) in [7, 11) is 0. The van der Waals surface area contributed by atoms with Gasteiger partial charge in [-0.05, 0) is 31.5 Å². The average Bonchev–Trinajstić information content (AvgIpc) is 3.04. The Morgan fingerprint density at radius 1 is 1.17 bits per heavy atom. The van der Waals surface area contributed by atoms with E-state index in [1.54, 1.807) is 0 Å². The molecule has 24 heavy (non-hydrogen) atoms. The third-order valence-electron chi connectivity index (χ3n) is 4.39. The summed E-state index contributed by atoms with van der Waals surface area (Å²) < 4.78 is 11.1. The molecule has 0 saturated carbocycles. The first-order chi connectivity index (χ1) is 11.6. The molecule has 0 bridgehead atoms. The Morgan fingerprint density at radius 2 is 1.88 bits per heavy atom. The van der Waals surface area contributed by atoms with E-state index in [-0.39, 0.29) is 24.0 Å². The van der Waals surface area contributed by atoms with Crippen LogP contribution in [0.15, 0.2) is 42.4 Å². The fraction of sp³-hybridized carbons (Fsp3) is 0.444. The topological polar surface area (TPSA) is 76.1 Å². The van der Waals surface area contributed by atoms with Crippen LogP contribution in [0.3, 0.4) is 0 Å². The highest BCUT2D eigenvalue weighted by atomic mass is 16.7. The van der Waals surface area contributed by atoms with Crippen LogP contribution in [0.25, 0.3) is 0 Å². The largest absolute Gasteiger partial charge is 0.480 e. The number of nitrogens with zero attached hydrogens (tertiary/aromatic N) is 1. The fourth-order valence-corrected chi connectivity index (χ4v) is 3.09. The van der Waals surface area contributed by atoms with Gasteiger partial charge in [0.05, 0.1) is 6.54 Å². The van der Waals surface area contributed by atoms with Crippen LogP contribution in [-0.2, 0) is 25.5 Å². The van der Waals surface area contributed by atoms with Gasteiger partial charge in [-0.1, -0.05) is 30.3 Å². The molecule has 1 aromatic carbocycles. The predicted molar refractivity (Wildman–Crippen MR) is 86.0 cm³/mol. The lowest BCUT2D eigenvalue weighted by Crippen LogP contribution is -2.39. The SMILES string of the molecule is O=C(O)CN1CCC(C(=O)C2=COC(Cc3ccccc3)O2)CC1. The molecule has 2 aliphatic heterocycles. The normalized spacial score (nSPS) is 21.7.